The summed E-state index contributed by atoms with van der Waals surface area (Å²) in [4.78, 5) is 44.9. The van der Waals surface area contributed by atoms with E-state index in [1.165, 1.54) is 14.0 Å². The molecule has 0 fully saturated rings. The van der Waals surface area contributed by atoms with Gasteiger partial charge in [0.2, 0.25) is 11.8 Å². The number of ether oxygens (including phenoxy) is 1. The molecule has 20 heavy (non-hydrogen) atoms. The van der Waals surface area contributed by atoms with Gasteiger partial charge in [-0.2, -0.15) is 0 Å². The van der Waals surface area contributed by atoms with Gasteiger partial charge in [-0.1, -0.05) is 6.92 Å². The summed E-state index contributed by atoms with van der Waals surface area (Å²) in [5.41, 5.74) is 5.00. The van der Waals surface area contributed by atoms with Gasteiger partial charge in [0, 0.05) is 18.8 Å². The number of nitrogens with two attached hydrogens (primary N) is 1. The maximum absolute atomic E-state index is 11.7. The average Bonchev–Trinajstić information content (AvgIpc) is 2.39. The lowest BCUT2D eigenvalue weighted by Crippen LogP contribution is -2.42. The first kappa shape index (κ1) is 18.1. The van der Waals surface area contributed by atoms with E-state index in [0.717, 1.165) is 0 Å². The van der Waals surface area contributed by atoms with Gasteiger partial charge in [-0.05, 0) is 19.8 Å². The lowest BCUT2D eigenvalue weighted by Gasteiger charge is -2.16. The van der Waals surface area contributed by atoms with E-state index < -0.39 is 17.9 Å². The van der Waals surface area contributed by atoms with Crippen molar-refractivity contribution in [1.82, 2.24) is 5.32 Å². The predicted molar refractivity (Wildman–Crippen MR) is 71.5 cm³/mol. The molecule has 0 aromatic carbocycles. The number of hydrogen-bond donors (Lipinski definition) is 2. The monoisotopic (exact) mass is 286 g/mol. The lowest BCUT2D eigenvalue weighted by atomic mass is 10.0. The van der Waals surface area contributed by atoms with Gasteiger partial charge in [0.1, 0.15) is 11.8 Å². The minimum Gasteiger partial charge on any atom is -0.467 e. The summed E-state index contributed by atoms with van der Waals surface area (Å²) in [5.74, 6) is -1.74. The fraction of sp³-hybridized carbons (Fsp3) is 0.692. The summed E-state index contributed by atoms with van der Waals surface area (Å²) >= 11 is 0. The first-order chi connectivity index (χ1) is 9.27. The van der Waals surface area contributed by atoms with Crippen LogP contribution in [-0.4, -0.2) is 36.7 Å². The predicted octanol–water partition coefficient (Wildman–Crippen LogP) is -0.0850. The zero-order chi connectivity index (χ0) is 15.7. The number of rotatable bonds is 9. The van der Waals surface area contributed by atoms with Gasteiger partial charge >= 0.3 is 5.97 Å². The minimum atomic E-state index is -0.896. The molecule has 3 N–H and O–H groups in total. The molecule has 0 spiro atoms. The zero-order valence-corrected chi connectivity index (χ0v) is 12.1. The molecular weight excluding hydrogens is 264 g/mol. The Balaban J connectivity index is 4.34. The first-order valence-electron chi connectivity index (χ1n) is 6.43. The van der Waals surface area contributed by atoms with Gasteiger partial charge in [-0.15, -0.1) is 0 Å². The fourth-order valence-electron chi connectivity index (χ4n) is 1.50. The van der Waals surface area contributed by atoms with Crippen LogP contribution in [0.25, 0.3) is 0 Å². The number of esters is 1. The molecule has 0 unspecified atom stereocenters. The molecule has 0 radical (unpaired) electrons. The van der Waals surface area contributed by atoms with Crippen molar-refractivity contribution < 1.29 is 23.9 Å². The maximum atomic E-state index is 11.7. The van der Waals surface area contributed by atoms with E-state index in [2.05, 4.69) is 10.1 Å². The highest BCUT2D eigenvalue weighted by Crippen LogP contribution is 2.07. The second kappa shape index (κ2) is 9.06. The lowest BCUT2D eigenvalue weighted by molar-refractivity contribution is -0.145. The SMILES string of the molecule is COC(=O)[C@H](CCC(N)=O)NC(=O)CC[C@H](C)C(C)=O. The number of Topliss-reactive ketones (excluding diaryl/α,β-unsaturated/α-hetero) is 1. The molecule has 0 rings (SSSR count). The third-order valence-corrected chi connectivity index (χ3v) is 3.00. The van der Waals surface area contributed by atoms with E-state index in [1.807, 2.05) is 0 Å². The molecule has 7 heteroatoms. The van der Waals surface area contributed by atoms with Crippen LogP contribution < -0.4 is 11.1 Å². The molecule has 0 saturated heterocycles. The Morgan fingerprint density at radius 1 is 1.15 bits per heavy atom. The van der Waals surface area contributed by atoms with Gasteiger partial charge < -0.3 is 15.8 Å². The molecule has 0 aromatic heterocycles. The molecule has 114 valence electrons. The number of hydrogen-bond acceptors (Lipinski definition) is 5. The van der Waals surface area contributed by atoms with Crippen LogP contribution in [0.3, 0.4) is 0 Å². The smallest absolute Gasteiger partial charge is 0.328 e. The van der Waals surface area contributed by atoms with E-state index in [1.54, 1.807) is 6.92 Å². The second-order valence-corrected chi connectivity index (χ2v) is 4.70. The summed E-state index contributed by atoms with van der Waals surface area (Å²) in [6.45, 7) is 3.20. The van der Waals surface area contributed by atoms with Gasteiger partial charge in [-0.3, -0.25) is 14.4 Å². The van der Waals surface area contributed by atoms with Crippen LogP contribution in [0.15, 0.2) is 0 Å². The molecule has 0 heterocycles. The number of amides is 2. The van der Waals surface area contributed by atoms with Crippen molar-refractivity contribution in [2.45, 2.75) is 45.6 Å². The van der Waals surface area contributed by atoms with Crippen molar-refractivity contribution in [3.05, 3.63) is 0 Å². The van der Waals surface area contributed by atoms with Crippen LogP contribution >= 0.6 is 0 Å². The number of carbonyl (C=O) groups is 4. The summed E-state index contributed by atoms with van der Waals surface area (Å²) in [5, 5.41) is 2.48. The van der Waals surface area contributed by atoms with Gasteiger partial charge in [-0.25, -0.2) is 4.79 Å². The third-order valence-electron chi connectivity index (χ3n) is 3.00. The van der Waals surface area contributed by atoms with Crippen molar-refractivity contribution in [1.29, 1.82) is 0 Å². The highest BCUT2D eigenvalue weighted by molar-refractivity contribution is 5.85. The van der Waals surface area contributed by atoms with Gasteiger partial charge in [0.15, 0.2) is 0 Å². The number of nitrogens with one attached hydrogen (secondary N) is 1. The largest absolute Gasteiger partial charge is 0.467 e. The molecule has 2 amide bonds. The number of carbonyl (C=O) groups excluding carboxylic acids is 4. The minimum absolute atomic E-state index is 0.0102. The average molecular weight is 286 g/mol. The first-order valence-corrected chi connectivity index (χ1v) is 6.43. The summed E-state index contributed by atoms with van der Waals surface area (Å²) in [6.07, 6.45) is 0.607. The standard InChI is InChI=1S/C13H22N2O5/c1-8(9(2)16)4-7-12(18)15-10(13(19)20-3)5-6-11(14)17/h8,10H,4-7H2,1-3H3,(H2,14,17)(H,15,18)/t8-,10-/m0/s1. The molecular formula is C13H22N2O5. The van der Waals surface area contributed by atoms with Gasteiger partial charge in [0.05, 0.1) is 7.11 Å². The topological polar surface area (TPSA) is 116 Å². The molecule has 7 nitrogen and oxygen atoms in total. The van der Waals surface area contributed by atoms with E-state index in [9.17, 15) is 19.2 Å². The van der Waals surface area contributed by atoms with Crippen LogP contribution in [0.2, 0.25) is 0 Å². The van der Waals surface area contributed by atoms with Crippen molar-refractivity contribution in [3.8, 4) is 0 Å². The Morgan fingerprint density at radius 3 is 2.20 bits per heavy atom. The Hall–Kier alpha value is -1.92. The van der Waals surface area contributed by atoms with Gasteiger partial charge in [0.25, 0.3) is 0 Å². The van der Waals surface area contributed by atoms with E-state index in [0.29, 0.717) is 6.42 Å². The zero-order valence-electron chi connectivity index (χ0n) is 12.1. The Labute approximate surface area is 118 Å². The Bertz CT molecular complexity index is 381. The quantitative estimate of drug-likeness (QED) is 0.575. The van der Waals surface area contributed by atoms with Crippen LogP contribution in [0.4, 0.5) is 0 Å². The van der Waals surface area contributed by atoms with Crippen molar-refractivity contribution in [2.24, 2.45) is 11.7 Å². The third kappa shape index (κ3) is 7.50. The second-order valence-electron chi connectivity index (χ2n) is 4.70. The molecule has 0 aliphatic heterocycles. The molecule has 0 aliphatic rings. The van der Waals surface area contributed by atoms with E-state index in [-0.39, 0.29) is 36.9 Å². The maximum Gasteiger partial charge on any atom is 0.328 e. The van der Waals surface area contributed by atoms with Crippen molar-refractivity contribution in [3.63, 3.8) is 0 Å². The molecule has 0 aromatic rings. The molecule has 0 aliphatic carbocycles. The van der Waals surface area contributed by atoms with Crippen LogP contribution in [0, 0.1) is 5.92 Å². The summed E-state index contributed by atoms with van der Waals surface area (Å²) in [6, 6.07) is -0.896. The number of methoxy groups -OCH3 is 1. The fourth-order valence-corrected chi connectivity index (χ4v) is 1.50. The van der Waals surface area contributed by atoms with Crippen LogP contribution in [0.5, 0.6) is 0 Å². The van der Waals surface area contributed by atoms with E-state index in [4.69, 9.17) is 5.73 Å². The van der Waals surface area contributed by atoms with Crippen molar-refractivity contribution in [2.75, 3.05) is 7.11 Å². The van der Waals surface area contributed by atoms with Crippen molar-refractivity contribution >= 4 is 23.6 Å². The van der Waals surface area contributed by atoms with Crippen LogP contribution in [0.1, 0.15) is 39.5 Å². The Kier molecular flexibility index (Phi) is 8.19. The number of primary amides is 1. The summed E-state index contributed by atoms with van der Waals surface area (Å²) in [7, 11) is 1.20. The highest BCUT2D eigenvalue weighted by atomic mass is 16.5. The molecule has 0 bridgehead atoms. The normalized spacial score (nSPS) is 13.2. The van der Waals surface area contributed by atoms with E-state index >= 15 is 0 Å². The summed E-state index contributed by atoms with van der Waals surface area (Å²) < 4.78 is 4.55. The Morgan fingerprint density at radius 2 is 1.75 bits per heavy atom. The molecule has 2 atom stereocenters. The number of ketones is 1. The highest BCUT2D eigenvalue weighted by Gasteiger charge is 2.22. The molecule has 0 saturated carbocycles. The van der Waals surface area contributed by atoms with Crippen LogP contribution in [-0.2, 0) is 23.9 Å².